The molecule has 0 aliphatic rings. The quantitative estimate of drug-likeness (QED) is 0.774. The molecule has 0 saturated carbocycles. The lowest BCUT2D eigenvalue weighted by Crippen LogP contribution is -2.30. The van der Waals surface area contributed by atoms with Gasteiger partial charge < -0.3 is 5.32 Å². The summed E-state index contributed by atoms with van der Waals surface area (Å²) in [7, 11) is 0. The summed E-state index contributed by atoms with van der Waals surface area (Å²) in [5, 5.41) is 3.47. The van der Waals surface area contributed by atoms with Gasteiger partial charge >= 0.3 is 0 Å². The van der Waals surface area contributed by atoms with E-state index in [1.54, 1.807) is 0 Å². The first kappa shape index (κ1) is 12.0. The Kier molecular flexibility index (Phi) is 5.13. The maximum absolute atomic E-state index is 3.47. The van der Waals surface area contributed by atoms with Crippen LogP contribution in [0, 0.1) is 5.92 Å². The van der Waals surface area contributed by atoms with E-state index in [1.165, 1.54) is 5.56 Å². The van der Waals surface area contributed by atoms with Gasteiger partial charge in [-0.25, -0.2) is 0 Å². The molecule has 1 unspecified atom stereocenters. The predicted octanol–water partition coefficient (Wildman–Crippen LogP) is 3.33. The van der Waals surface area contributed by atoms with E-state index in [1.807, 2.05) is 6.07 Å². The van der Waals surface area contributed by atoms with E-state index in [-0.39, 0.29) is 0 Å². The first-order valence-electron chi connectivity index (χ1n) is 5.65. The van der Waals surface area contributed by atoms with Gasteiger partial charge in [-0.1, -0.05) is 56.3 Å². The molecule has 1 N–H and O–H groups in total. The molecule has 0 aliphatic carbocycles. The number of hydrogen-bond acceptors (Lipinski definition) is 1. The fraction of sp³-hybridized carbons (Fsp3) is 0.429. The molecule has 0 fully saturated rings. The molecule has 0 radical (unpaired) electrons. The Labute approximate surface area is 93.2 Å². The van der Waals surface area contributed by atoms with Crippen LogP contribution in [-0.2, 0) is 0 Å². The van der Waals surface area contributed by atoms with Crippen molar-refractivity contribution in [1.29, 1.82) is 0 Å². The fourth-order valence-electron chi connectivity index (χ4n) is 1.25. The van der Waals surface area contributed by atoms with E-state index in [9.17, 15) is 0 Å². The van der Waals surface area contributed by atoms with Crippen LogP contribution in [0.25, 0.3) is 6.08 Å². The summed E-state index contributed by atoms with van der Waals surface area (Å²) in [6.45, 7) is 7.63. The Morgan fingerprint density at radius 3 is 2.40 bits per heavy atom. The summed E-state index contributed by atoms with van der Waals surface area (Å²) >= 11 is 0. The summed E-state index contributed by atoms with van der Waals surface area (Å²) in [6, 6.07) is 11.0. The van der Waals surface area contributed by atoms with Gasteiger partial charge in [-0.15, -0.1) is 0 Å². The second-order valence-electron chi connectivity index (χ2n) is 4.25. The van der Waals surface area contributed by atoms with Crippen molar-refractivity contribution in [2.24, 2.45) is 5.92 Å². The second-order valence-corrected chi connectivity index (χ2v) is 4.25. The highest BCUT2D eigenvalue weighted by atomic mass is 14.9. The zero-order valence-electron chi connectivity index (χ0n) is 9.90. The van der Waals surface area contributed by atoms with E-state index >= 15 is 0 Å². The molecule has 0 saturated heterocycles. The van der Waals surface area contributed by atoms with E-state index in [4.69, 9.17) is 0 Å². The lowest BCUT2D eigenvalue weighted by atomic mass is 10.1. The first-order chi connectivity index (χ1) is 7.20. The zero-order valence-corrected chi connectivity index (χ0v) is 9.90. The van der Waals surface area contributed by atoms with Crippen molar-refractivity contribution in [3.05, 3.63) is 42.0 Å². The Morgan fingerprint density at radius 1 is 1.13 bits per heavy atom. The smallest absolute Gasteiger partial charge is 0.0140 e. The minimum absolute atomic E-state index is 0.574. The van der Waals surface area contributed by atoms with E-state index in [0.717, 1.165) is 6.54 Å². The molecule has 0 bridgehead atoms. The molecule has 0 amide bonds. The molecule has 1 nitrogen and oxygen atoms in total. The van der Waals surface area contributed by atoms with Crippen molar-refractivity contribution in [2.75, 3.05) is 6.54 Å². The molecule has 1 aromatic rings. The molecule has 15 heavy (non-hydrogen) atoms. The SMILES string of the molecule is CC(C)C(C)NC/C=C/c1ccccc1. The lowest BCUT2D eigenvalue weighted by Gasteiger charge is -2.15. The summed E-state index contributed by atoms with van der Waals surface area (Å²) < 4.78 is 0. The van der Waals surface area contributed by atoms with Crippen molar-refractivity contribution in [1.82, 2.24) is 5.32 Å². The molecule has 1 heteroatoms. The van der Waals surface area contributed by atoms with Crippen molar-refractivity contribution >= 4 is 6.08 Å². The third kappa shape index (κ3) is 4.80. The van der Waals surface area contributed by atoms with Crippen LogP contribution in [0.2, 0.25) is 0 Å². The third-order valence-electron chi connectivity index (χ3n) is 2.67. The number of nitrogens with one attached hydrogen (secondary N) is 1. The molecule has 0 heterocycles. The topological polar surface area (TPSA) is 12.0 Å². The monoisotopic (exact) mass is 203 g/mol. The summed E-state index contributed by atoms with van der Waals surface area (Å²) in [5.74, 6) is 0.690. The Hall–Kier alpha value is -1.08. The van der Waals surface area contributed by atoms with Gasteiger partial charge in [0.25, 0.3) is 0 Å². The zero-order chi connectivity index (χ0) is 11.1. The van der Waals surface area contributed by atoms with E-state index in [2.05, 4.69) is 62.5 Å². The first-order valence-corrected chi connectivity index (χ1v) is 5.65. The average Bonchev–Trinajstić information content (AvgIpc) is 2.25. The molecular formula is C14H21N. The van der Waals surface area contributed by atoms with Gasteiger partial charge in [0.05, 0.1) is 0 Å². The van der Waals surface area contributed by atoms with Gasteiger partial charge in [-0.3, -0.25) is 0 Å². The molecule has 0 aromatic heterocycles. The maximum atomic E-state index is 3.47. The van der Waals surface area contributed by atoms with Crippen molar-refractivity contribution in [3.63, 3.8) is 0 Å². The Bertz CT molecular complexity index is 287. The maximum Gasteiger partial charge on any atom is 0.0140 e. The van der Waals surface area contributed by atoms with Crippen LogP contribution in [0.4, 0.5) is 0 Å². The number of hydrogen-bond donors (Lipinski definition) is 1. The molecule has 1 rings (SSSR count). The molecule has 0 spiro atoms. The normalized spacial score (nSPS) is 13.6. The average molecular weight is 203 g/mol. The van der Waals surface area contributed by atoms with Crippen LogP contribution in [0.5, 0.6) is 0 Å². The highest BCUT2D eigenvalue weighted by Crippen LogP contribution is 2.01. The van der Waals surface area contributed by atoms with E-state index in [0.29, 0.717) is 12.0 Å². The molecule has 82 valence electrons. The molecule has 0 aliphatic heterocycles. The minimum Gasteiger partial charge on any atom is -0.311 e. The van der Waals surface area contributed by atoms with Gasteiger partial charge in [-0.05, 0) is 18.4 Å². The second kappa shape index (κ2) is 6.41. The standard InChI is InChI=1S/C14H21N/c1-12(2)13(3)15-11-7-10-14-8-5-4-6-9-14/h4-10,12-13,15H,11H2,1-3H3/b10-7+. The van der Waals surface area contributed by atoms with Gasteiger partial charge in [0.15, 0.2) is 0 Å². The third-order valence-corrected chi connectivity index (χ3v) is 2.67. The van der Waals surface area contributed by atoms with Crippen molar-refractivity contribution < 1.29 is 0 Å². The Balaban J connectivity index is 2.29. The van der Waals surface area contributed by atoms with Gasteiger partial charge in [0.2, 0.25) is 0 Å². The van der Waals surface area contributed by atoms with E-state index < -0.39 is 0 Å². The van der Waals surface area contributed by atoms with Crippen LogP contribution in [0.15, 0.2) is 36.4 Å². The van der Waals surface area contributed by atoms with Crippen LogP contribution < -0.4 is 5.32 Å². The van der Waals surface area contributed by atoms with Crippen LogP contribution in [0.3, 0.4) is 0 Å². The predicted molar refractivity (Wildman–Crippen MR) is 67.8 cm³/mol. The highest BCUT2D eigenvalue weighted by Gasteiger charge is 2.03. The van der Waals surface area contributed by atoms with Crippen LogP contribution in [-0.4, -0.2) is 12.6 Å². The van der Waals surface area contributed by atoms with Gasteiger partial charge in [0.1, 0.15) is 0 Å². The molecular weight excluding hydrogens is 182 g/mol. The van der Waals surface area contributed by atoms with Gasteiger partial charge in [-0.2, -0.15) is 0 Å². The van der Waals surface area contributed by atoms with Crippen LogP contribution in [0.1, 0.15) is 26.3 Å². The Morgan fingerprint density at radius 2 is 1.80 bits per heavy atom. The highest BCUT2D eigenvalue weighted by molar-refractivity contribution is 5.48. The minimum atomic E-state index is 0.574. The molecule has 1 atom stereocenters. The lowest BCUT2D eigenvalue weighted by molar-refractivity contribution is 0.445. The molecule has 1 aromatic carbocycles. The summed E-state index contributed by atoms with van der Waals surface area (Å²) in [6.07, 6.45) is 4.33. The van der Waals surface area contributed by atoms with Crippen molar-refractivity contribution in [2.45, 2.75) is 26.8 Å². The van der Waals surface area contributed by atoms with Crippen LogP contribution >= 0.6 is 0 Å². The largest absolute Gasteiger partial charge is 0.311 e. The number of benzene rings is 1. The summed E-state index contributed by atoms with van der Waals surface area (Å²) in [5.41, 5.74) is 1.26. The summed E-state index contributed by atoms with van der Waals surface area (Å²) in [4.78, 5) is 0. The fourth-order valence-corrected chi connectivity index (χ4v) is 1.25. The van der Waals surface area contributed by atoms with Gasteiger partial charge in [0, 0.05) is 12.6 Å². The van der Waals surface area contributed by atoms with Crippen molar-refractivity contribution in [3.8, 4) is 0 Å². The number of rotatable bonds is 5.